The van der Waals surface area contributed by atoms with Gasteiger partial charge in [0.15, 0.2) is 0 Å². The molecule has 0 bridgehead atoms. The lowest BCUT2D eigenvalue weighted by atomic mass is 9.82. The van der Waals surface area contributed by atoms with E-state index >= 15 is 0 Å². The Kier molecular flexibility index (Phi) is 5.68. The molecule has 19 heavy (non-hydrogen) atoms. The van der Waals surface area contributed by atoms with Gasteiger partial charge in [-0.3, -0.25) is 4.79 Å². The molecule has 1 aliphatic carbocycles. The third-order valence-corrected chi connectivity index (χ3v) is 5.13. The second kappa shape index (κ2) is 7.28. The van der Waals surface area contributed by atoms with E-state index < -0.39 is 0 Å². The minimum absolute atomic E-state index is 0.278. The molecule has 1 heterocycles. The standard InChI is InChI=1S/C16H30N2O/c1-3-13-5-4-10-17-15(13)11-18-16(19)14-8-6-12(2)7-9-14/h12-15,17H,3-11H2,1-2H3,(H,18,19). The molecule has 0 aromatic rings. The van der Waals surface area contributed by atoms with Crippen LogP contribution < -0.4 is 10.6 Å². The summed E-state index contributed by atoms with van der Waals surface area (Å²) in [6.07, 6.45) is 8.42. The van der Waals surface area contributed by atoms with Crippen LogP contribution in [0.15, 0.2) is 0 Å². The zero-order valence-corrected chi connectivity index (χ0v) is 12.6. The summed E-state index contributed by atoms with van der Waals surface area (Å²) in [5.41, 5.74) is 0. The molecule has 110 valence electrons. The highest BCUT2D eigenvalue weighted by Crippen LogP contribution is 2.28. The third-order valence-electron chi connectivity index (χ3n) is 5.13. The number of piperidine rings is 1. The van der Waals surface area contributed by atoms with Gasteiger partial charge < -0.3 is 10.6 Å². The summed E-state index contributed by atoms with van der Waals surface area (Å²) in [7, 11) is 0. The van der Waals surface area contributed by atoms with Crippen LogP contribution in [-0.4, -0.2) is 25.0 Å². The Bertz CT molecular complexity index is 284. The first-order valence-electron chi connectivity index (χ1n) is 8.21. The number of nitrogens with one attached hydrogen (secondary N) is 2. The predicted molar refractivity (Wildman–Crippen MR) is 78.9 cm³/mol. The van der Waals surface area contributed by atoms with Crippen LogP contribution in [0.25, 0.3) is 0 Å². The molecule has 1 saturated carbocycles. The van der Waals surface area contributed by atoms with Crippen LogP contribution in [-0.2, 0) is 4.79 Å². The van der Waals surface area contributed by atoms with Crippen molar-refractivity contribution in [2.75, 3.05) is 13.1 Å². The smallest absolute Gasteiger partial charge is 0.223 e. The SMILES string of the molecule is CCC1CCCNC1CNC(=O)C1CCC(C)CC1. The second-order valence-corrected chi connectivity index (χ2v) is 6.57. The first kappa shape index (κ1) is 14.8. The molecular formula is C16H30N2O. The fraction of sp³-hybridized carbons (Fsp3) is 0.938. The van der Waals surface area contributed by atoms with E-state index in [2.05, 4.69) is 24.5 Å². The third kappa shape index (κ3) is 4.20. The maximum Gasteiger partial charge on any atom is 0.223 e. The van der Waals surface area contributed by atoms with Crippen LogP contribution in [0.3, 0.4) is 0 Å². The first-order valence-corrected chi connectivity index (χ1v) is 8.21. The van der Waals surface area contributed by atoms with Crippen molar-refractivity contribution in [3.8, 4) is 0 Å². The van der Waals surface area contributed by atoms with Crippen LogP contribution in [0.2, 0.25) is 0 Å². The average molecular weight is 266 g/mol. The predicted octanol–water partition coefficient (Wildman–Crippen LogP) is 2.71. The lowest BCUT2D eigenvalue weighted by molar-refractivity contribution is -0.126. The van der Waals surface area contributed by atoms with Crippen LogP contribution in [0, 0.1) is 17.8 Å². The lowest BCUT2D eigenvalue weighted by Gasteiger charge is -2.33. The molecule has 2 aliphatic rings. The molecule has 0 radical (unpaired) electrons. The summed E-state index contributed by atoms with van der Waals surface area (Å²) < 4.78 is 0. The van der Waals surface area contributed by atoms with Gasteiger partial charge in [0.2, 0.25) is 5.91 Å². The fourth-order valence-corrected chi connectivity index (χ4v) is 3.62. The van der Waals surface area contributed by atoms with Crippen LogP contribution in [0.5, 0.6) is 0 Å². The zero-order chi connectivity index (χ0) is 13.7. The highest BCUT2D eigenvalue weighted by atomic mass is 16.1. The topological polar surface area (TPSA) is 41.1 Å². The van der Waals surface area contributed by atoms with Gasteiger partial charge in [0.25, 0.3) is 0 Å². The molecule has 3 heteroatoms. The fourth-order valence-electron chi connectivity index (χ4n) is 3.62. The molecule has 2 rings (SSSR count). The molecule has 0 spiro atoms. The number of hydrogen-bond donors (Lipinski definition) is 2. The van der Waals surface area contributed by atoms with E-state index in [1.165, 1.54) is 32.1 Å². The molecule has 1 saturated heterocycles. The van der Waals surface area contributed by atoms with Crippen molar-refractivity contribution < 1.29 is 4.79 Å². The largest absolute Gasteiger partial charge is 0.354 e. The van der Waals surface area contributed by atoms with Crippen molar-refractivity contribution in [2.24, 2.45) is 17.8 Å². The summed E-state index contributed by atoms with van der Waals surface area (Å²) in [4.78, 5) is 12.2. The van der Waals surface area contributed by atoms with Gasteiger partial charge in [-0.05, 0) is 56.9 Å². The van der Waals surface area contributed by atoms with E-state index in [9.17, 15) is 4.79 Å². The van der Waals surface area contributed by atoms with Crippen molar-refractivity contribution in [3.05, 3.63) is 0 Å². The number of amides is 1. The van der Waals surface area contributed by atoms with E-state index in [0.717, 1.165) is 37.8 Å². The number of hydrogen-bond acceptors (Lipinski definition) is 2. The summed E-state index contributed by atoms with van der Waals surface area (Å²) in [6, 6.07) is 0.491. The molecule has 3 nitrogen and oxygen atoms in total. The quantitative estimate of drug-likeness (QED) is 0.821. The molecule has 1 aliphatic heterocycles. The summed E-state index contributed by atoms with van der Waals surface area (Å²) in [6.45, 7) is 6.49. The van der Waals surface area contributed by atoms with Crippen molar-refractivity contribution >= 4 is 5.91 Å². The van der Waals surface area contributed by atoms with Crippen molar-refractivity contribution in [1.29, 1.82) is 0 Å². The molecule has 0 aromatic heterocycles. The Morgan fingerprint density at radius 2 is 1.95 bits per heavy atom. The maximum atomic E-state index is 12.2. The zero-order valence-electron chi connectivity index (χ0n) is 12.6. The highest BCUT2D eigenvalue weighted by Gasteiger charge is 2.27. The summed E-state index contributed by atoms with van der Waals surface area (Å²) in [5.74, 6) is 2.13. The molecule has 2 atom stereocenters. The van der Waals surface area contributed by atoms with Gasteiger partial charge in [0.1, 0.15) is 0 Å². The van der Waals surface area contributed by atoms with Gasteiger partial charge in [-0.25, -0.2) is 0 Å². The average Bonchev–Trinajstić information content (AvgIpc) is 2.45. The van der Waals surface area contributed by atoms with Crippen LogP contribution in [0.1, 0.15) is 58.8 Å². The van der Waals surface area contributed by atoms with Crippen molar-refractivity contribution in [3.63, 3.8) is 0 Å². The summed E-state index contributed by atoms with van der Waals surface area (Å²) >= 11 is 0. The minimum Gasteiger partial charge on any atom is -0.354 e. The van der Waals surface area contributed by atoms with Gasteiger partial charge in [0, 0.05) is 18.5 Å². The summed E-state index contributed by atoms with van der Waals surface area (Å²) in [5, 5.41) is 6.77. The van der Waals surface area contributed by atoms with E-state index in [1.54, 1.807) is 0 Å². The number of carbonyl (C=O) groups excluding carboxylic acids is 1. The van der Waals surface area contributed by atoms with E-state index in [0.29, 0.717) is 11.9 Å². The number of carbonyl (C=O) groups is 1. The van der Waals surface area contributed by atoms with E-state index in [-0.39, 0.29) is 5.92 Å². The van der Waals surface area contributed by atoms with E-state index in [1.807, 2.05) is 0 Å². The minimum atomic E-state index is 0.278. The Hall–Kier alpha value is -0.570. The van der Waals surface area contributed by atoms with Crippen molar-refractivity contribution in [1.82, 2.24) is 10.6 Å². The van der Waals surface area contributed by atoms with Gasteiger partial charge in [-0.15, -0.1) is 0 Å². The molecule has 2 fully saturated rings. The molecule has 0 aromatic carbocycles. The second-order valence-electron chi connectivity index (χ2n) is 6.57. The Balaban J connectivity index is 1.73. The highest BCUT2D eigenvalue weighted by molar-refractivity contribution is 5.78. The van der Waals surface area contributed by atoms with Crippen LogP contribution >= 0.6 is 0 Å². The monoisotopic (exact) mass is 266 g/mol. The van der Waals surface area contributed by atoms with Gasteiger partial charge in [0.05, 0.1) is 0 Å². The number of rotatable bonds is 4. The maximum absolute atomic E-state index is 12.2. The van der Waals surface area contributed by atoms with Gasteiger partial charge >= 0.3 is 0 Å². The Labute approximate surface area is 117 Å². The van der Waals surface area contributed by atoms with Crippen molar-refractivity contribution in [2.45, 2.75) is 64.8 Å². The Morgan fingerprint density at radius 3 is 2.63 bits per heavy atom. The van der Waals surface area contributed by atoms with E-state index in [4.69, 9.17) is 0 Å². The van der Waals surface area contributed by atoms with Gasteiger partial charge in [-0.2, -0.15) is 0 Å². The first-order chi connectivity index (χ1) is 9.20. The normalized spacial score (nSPS) is 35.9. The lowest BCUT2D eigenvalue weighted by Crippen LogP contribution is -2.49. The molecule has 2 N–H and O–H groups in total. The van der Waals surface area contributed by atoms with Gasteiger partial charge in [-0.1, -0.05) is 20.3 Å². The molecule has 1 amide bonds. The molecular weight excluding hydrogens is 236 g/mol. The Morgan fingerprint density at radius 1 is 1.21 bits per heavy atom. The molecule has 2 unspecified atom stereocenters. The van der Waals surface area contributed by atoms with Crippen LogP contribution in [0.4, 0.5) is 0 Å².